The van der Waals surface area contributed by atoms with Crippen LogP contribution in [0.4, 0.5) is 0 Å². The molecule has 208 valence electrons. The molecule has 0 fully saturated rings. The zero-order valence-corrected chi connectivity index (χ0v) is 25.1. The highest BCUT2D eigenvalue weighted by Crippen LogP contribution is 2.36. The molecule has 0 aromatic rings. The Hall–Kier alpha value is -1.14. The quantitative estimate of drug-likeness (QED) is 0.182. The summed E-state index contributed by atoms with van der Waals surface area (Å²) in [6.07, 6.45) is 4.91. The maximum atomic E-state index is 12.1. The molecule has 0 bridgehead atoms. The van der Waals surface area contributed by atoms with Gasteiger partial charge in [0.05, 0.1) is 26.1 Å². The monoisotopic (exact) mass is 498 g/mol. The first kappa shape index (κ1) is 33.9. The topological polar surface area (TPSA) is 67.9 Å². The summed E-state index contributed by atoms with van der Waals surface area (Å²) < 4.78 is 11.1. The van der Waals surface area contributed by atoms with Gasteiger partial charge in [-0.15, -0.1) is 0 Å². The van der Waals surface area contributed by atoms with Crippen LogP contribution in [-0.4, -0.2) is 63.3 Å². The fraction of sp³-hybridized carbons (Fsp3) is 0.931. The highest BCUT2D eigenvalue weighted by molar-refractivity contribution is 5.69. The van der Waals surface area contributed by atoms with Crippen LogP contribution in [0.2, 0.25) is 0 Å². The smallest absolute Gasteiger partial charge is 0.307 e. The molecule has 0 heterocycles. The van der Waals surface area contributed by atoms with Crippen LogP contribution in [0.15, 0.2) is 0 Å². The average Bonchev–Trinajstić information content (AvgIpc) is 2.69. The third-order valence-electron chi connectivity index (χ3n) is 6.27. The number of carbonyl (C=O) groups excluding carboxylic acids is 2. The van der Waals surface area contributed by atoms with Gasteiger partial charge in [-0.3, -0.25) is 9.59 Å². The Labute approximate surface area is 217 Å². The summed E-state index contributed by atoms with van der Waals surface area (Å²) in [6, 6.07) is 0. The Morgan fingerprint density at radius 3 is 1.74 bits per heavy atom. The van der Waals surface area contributed by atoms with E-state index in [4.69, 9.17) is 9.47 Å². The van der Waals surface area contributed by atoms with Crippen molar-refractivity contribution < 1.29 is 19.1 Å². The summed E-state index contributed by atoms with van der Waals surface area (Å²) in [7, 11) is 2.02. The van der Waals surface area contributed by atoms with Crippen LogP contribution in [0.5, 0.6) is 0 Å². The van der Waals surface area contributed by atoms with Crippen molar-refractivity contribution in [3.63, 3.8) is 0 Å². The first-order valence-corrected chi connectivity index (χ1v) is 13.6. The van der Waals surface area contributed by atoms with E-state index < -0.39 is 0 Å². The normalized spacial score (nSPS) is 13.3. The summed E-state index contributed by atoms with van der Waals surface area (Å²) in [4.78, 5) is 26.4. The van der Waals surface area contributed by atoms with Crippen LogP contribution in [0, 0.1) is 21.7 Å². The molecule has 0 aliphatic carbocycles. The van der Waals surface area contributed by atoms with Crippen LogP contribution in [0.1, 0.15) is 108 Å². The maximum Gasteiger partial charge on any atom is 0.307 e. The van der Waals surface area contributed by atoms with Crippen LogP contribution in [0.25, 0.3) is 0 Å². The number of carbonyl (C=O) groups is 2. The van der Waals surface area contributed by atoms with Crippen molar-refractivity contribution in [1.29, 1.82) is 0 Å². The van der Waals surface area contributed by atoms with Gasteiger partial charge in [0.2, 0.25) is 0 Å². The predicted octanol–water partition coefficient (Wildman–Crippen LogP) is 6.08. The molecule has 0 saturated carbocycles. The Morgan fingerprint density at radius 2 is 1.23 bits per heavy atom. The molecule has 0 spiro atoms. The number of ether oxygens (including phenoxy) is 2. The van der Waals surface area contributed by atoms with E-state index in [2.05, 4.69) is 79.5 Å². The second-order valence-electron chi connectivity index (χ2n) is 14.0. The molecule has 0 aliphatic rings. The summed E-state index contributed by atoms with van der Waals surface area (Å²) in [5.41, 5.74) is 0.448. The molecule has 6 nitrogen and oxygen atoms in total. The molecule has 0 saturated heterocycles. The van der Waals surface area contributed by atoms with Gasteiger partial charge in [-0.2, -0.15) is 0 Å². The standard InChI is InChI=1S/C29H58N2O4/c1-12-27(5,6)21-29(9,10)23-34-24(32)14-17-30-16-13-18-31(11)19-15-25(33)35-22-28(7,8)20-26(2,3)4/h30H,12-23H2,1-11H3. The number of esters is 2. The summed E-state index contributed by atoms with van der Waals surface area (Å²) in [5.74, 6) is -0.266. The van der Waals surface area contributed by atoms with E-state index in [-0.39, 0.29) is 33.6 Å². The van der Waals surface area contributed by atoms with Crippen molar-refractivity contribution in [2.45, 2.75) is 108 Å². The number of rotatable bonds is 18. The molecule has 6 heteroatoms. The van der Waals surface area contributed by atoms with Gasteiger partial charge >= 0.3 is 11.9 Å². The van der Waals surface area contributed by atoms with Crippen LogP contribution >= 0.6 is 0 Å². The van der Waals surface area contributed by atoms with Gasteiger partial charge in [-0.25, -0.2) is 0 Å². The maximum absolute atomic E-state index is 12.1. The molecule has 35 heavy (non-hydrogen) atoms. The van der Waals surface area contributed by atoms with Crippen molar-refractivity contribution in [3.8, 4) is 0 Å². The van der Waals surface area contributed by atoms with Crippen molar-refractivity contribution >= 4 is 11.9 Å². The third-order valence-corrected chi connectivity index (χ3v) is 6.27. The first-order valence-electron chi connectivity index (χ1n) is 13.6. The van der Waals surface area contributed by atoms with E-state index in [1.54, 1.807) is 0 Å². The van der Waals surface area contributed by atoms with E-state index in [0.29, 0.717) is 39.1 Å². The summed E-state index contributed by atoms with van der Waals surface area (Å²) >= 11 is 0. The Bertz CT molecular complexity index is 621. The van der Waals surface area contributed by atoms with Crippen LogP contribution < -0.4 is 5.32 Å². The fourth-order valence-corrected chi connectivity index (χ4v) is 4.84. The van der Waals surface area contributed by atoms with Gasteiger partial charge in [-0.1, -0.05) is 75.7 Å². The lowest BCUT2D eigenvalue weighted by atomic mass is 9.74. The van der Waals surface area contributed by atoms with E-state index >= 15 is 0 Å². The SMILES string of the molecule is CCC(C)(C)CC(C)(C)COC(=O)CCNCCCN(C)CCC(=O)OCC(C)(C)CC(C)(C)C. The second kappa shape index (κ2) is 15.2. The van der Waals surface area contributed by atoms with E-state index in [1.165, 1.54) is 0 Å². The lowest BCUT2D eigenvalue weighted by molar-refractivity contribution is -0.148. The number of nitrogens with one attached hydrogen (secondary N) is 1. The highest BCUT2D eigenvalue weighted by atomic mass is 16.5. The summed E-state index contributed by atoms with van der Waals surface area (Å²) in [5, 5.41) is 3.32. The molecule has 0 rings (SSSR count). The van der Waals surface area contributed by atoms with E-state index in [9.17, 15) is 9.59 Å². The van der Waals surface area contributed by atoms with Crippen LogP contribution in [-0.2, 0) is 19.1 Å². The van der Waals surface area contributed by atoms with Gasteiger partial charge in [0.1, 0.15) is 0 Å². The third kappa shape index (κ3) is 19.7. The van der Waals surface area contributed by atoms with E-state index in [1.807, 2.05) is 7.05 Å². The average molecular weight is 499 g/mol. The first-order chi connectivity index (χ1) is 15.9. The van der Waals surface area contributed by atoms with Crippen LogP contribution in [0.3, 0.4) is 0 Å². The fourth-order valence-electron chi connectivity index (χ4n) is 4.84. The molecule has 0 unspecified atom stereocenters. The molecule has 1 N–H and O–H groups in total. The number of nitrogens with zero attached hydrogens (tertiary/aromatic N) is 1. The lowest BCUT2D eigenvalue weighted by Gasteiger charge is -2.33. The Kier molecular flexibility index (Phi) is 14.7. The molecule has 0 radical (unpaired) electrons. The number of hydrogen-bond donors (Lipinski definition) is 1. The minimum Gasteiger partial charge on any atom is -0.465 e. The molecule has 0 atom stereocenters. The van der Waals surface area contributed by atoms with Gasteiger partial charge in [0.25, 0.3) is 0 Å². The Morgan fingerprint density at radius 1 is 0.714 bits per heavy atom. The second-order valence-corrected chi connectivity index (χ2v) is 14.0. The Balaban J connectivity index is 3.90. The molecular formula is C29H58N2O4. The van der Waals surface area contributed by atoms with Gasteiger partial charge in [-0.05, 0) is 61.1 Å². The zero-order chi connectivity index (χ0) is 27.3. The minimum atomic E-state index is -0.138. The summed E-state index contributed by atoms with van der Waals surface area (Å²) in [6.45, 7) is 26.0. The van der Waals surface area contributed by atoms with Crippen molar-refractivity contribution in [1.82, 2.24) is 10.2 Å². The molecule has 0 amide bonds. The molecule has 0 aliphatic heterocycles. The molecular weight excluding hydrogens is 440 g/mol. The predicted molar refractivity (Wildman–Crippen MR) is 146 cm³/mol. The largest absolute Gasteiger partial charge is 0.465 e. The van der Waals surface area contributed by atoms with Gasteiger partial charge in [0.15, 0.2) is 0 Å². The lowest BCUT2D eigenvalue weighted by Crippen LogP contribution is -2.30. The molecule has 0 aromatic heterocycles. The highest BCUT2D eigenvalue weighted by Gasteiger charge is 2.29. The van der Waals surface area contributed by atoms with Crippen molar-refractivity contribution in [2.24, 2.45) is 21.7 Å². The van der Waals surface area contributed by atoms with E-state index in [0.717, 1.165) is 38.8 Å². The zero-order valence-electron chi connectivity index (χ0n) is 25.1. The van der Waals surface area contributed by atoms with Crippen molar-refractivity contribution in [2.75, 3.05) is 46.4 Å². The van der Waals surface area contributed by atoms with Crippen molar-refractivity contribution in [3.05, 3.63) is 0 Å². The van der Waals surface area contributed by atoms with Gasteiger partial charge < -0.3 is 19.7 Å². The molecule has 0 aromatic carbocycles. The van der Waals surface area contributed by atoms with Gasteiger partial charge in [0, 0.05) is 13.1 Å². The minimum absolute atomic E-state index is 0.0117. The number of hydrogen-bond acceptors (Lipinski definition) is 6.